The zero-order valence-corrected chi connectivity index (χ0v) is 7.68. The summed E-state index contributed by atoms with van der Waals surface area (Å²) in [5.74, 6) is 0.141. The number of carbonyl (C=O) groups is 1. The Kier molecular flexibility index (Phi) is 6.94. The number of carbonyl (C=O) groups excluding carboxylic acids is 1. The number of hydrogen-bond donors (Lipinski definition) is 3. The van der Waals surface area contributed by atoms with Crippen LogP contribution >= 0.6 is 0 Å². The molecule has 0 saturated carbocycles. The van der Waals surface area contributed by atoms with Gasteiger partial charge in [-0.15, -0.1) is 0 Å². The molecule has 0 aromatic rings. The minimum Gasteiger partial charge on any atom is -0.322 e. The van der Waals surface area contributed by atoms with Gasteiger partial charge in [0.25, 0.3) is 0 Å². The van der Waals surface area contributed by atoms with Gasteiger partial charge in [0.05, 0.1) is 6.04 Å². The Morgan fingerprint density at radius 1 is 1.58 bits per heavy atom. The Labute approximate surface area is 73.7 Å². The molecule has 0 aromatic carbocycles. The first-order valence-electron chi connectivity index (χ1n) is 4.41. The van der Waals surface area contributed by atoms with Crippen molar-refractivity contribution in [2.24, 2.45) is 11.5 Å². The van der Waals surface area contributed by atoms with Crippen LogP contribution in [0, 0.1) is 0 Å². The van der Waals surface area contributed by atoms with E-state index in [1.54, 1.807) is 0 Å². The largest absolute Gasteiger partial charge is 0.322 e. The second-order valence-electron chi connectivity index (χ2n) is 2.77. The van der Waals surface area contributed by atoms with E-state index in [1.807, 2.05) is 6.92 Å². The first-order valence-corrected chi connectivity index (χ1v) is 4.41. The fourth-order valence-corrected chi connectivity index (χ4v) is 0.972. The van der Waals surface area contributed by atoms with Gasteiger partial charge in [0, 0.05) is 13.1 Å². The lowest BCUT2D eigenvalue weighted by atomic mass is 10.1. The summed E-state index contributed by atoms with van der Waals surface area (Å²) >= 11 is 0. The average molecular weight is 173 g/mol. The van der Waals surface area contributed by atoms with E-state index in [1.165, 1.54) is 0 Å². The van der Waals surface area contributed by atoms with E-state index in [0.29, 0.717) is 13.1 Å². The van der Waals surface area contributed by atoms with Crippen molar-refractivity contribution in [3.8, 4) is 0 Å². The molecule has 1 unspecified atom stereocenters. The highest BCUT2D eigenvalue weighted by Gasteiger charge is 2.09. The van der Waals surface area contributed by atoms with Gasteiger partial charge in [-0.05, 0) is 19.4 Å². The molecule has 1 atom stereocenters. The van der Waals surface area contributed by atoms with Crippen LogP contribution in [0.1, 0.15) is 26.2 Å². The summed E-state index contributed by atoms with van der Waals surface area (Å²) in [7, 11) is 0. The zero-order chi connectivity index (χ0) is 9.40. The summed E-state index contributed by atoms with van der Waals surface area (Å²) in [6.45, 7) is 3.15. The van der Waals surface area contributed by atoms with Crippen molar-refractivity contribution in [3.05, 3.63) is 0 Å². The molecule has 0 saturated heterocycles. The van der Waals surface area contributed by atoms with Crippen molar-refractivity contribution < 1.29 is 4.79 Å². The van der Waals surface area contributed by atoms with Gasteiger partial charge < -0.3 is 16.8 Å². The second kappa shape index (κ2) is 7.21. The Balaban J connectivity index is 3.31. The molecule has 0 rings (SSSR count). The summed E-state index contributed by atoms with van der Waals surface area (Å²) in [4.78, 5) is 11.0. The quantitative estimate of drug-likeness (QED) is 0.361. The van der Waals surface area contributed by atoms with E-state index >= 15 is 0 Å². The Bertz CT molecular complexity index is 127. The van der Waals surface area contributed by atoms with Crippen LogP contribution in [0.15, 0.2) is 0 Å². The van der Waals surface area contributed by atoms with E-state index in [4.69, 9.17) is 11.5 Å². The second-order valence-corrected chi connectivity index (χ2v) is 2.77. The molecule has 0 heterocycles. The van der Waals surface area contributed by atoms with Crippen molar-refractivity contribution in [1.82, 2.24) is 5.32 Å². The fraction of sp³-hybridized carbons (Fsp3) is 0.875. The van der Waals surface area contributed by atoms with Gasteiger partial charge in [0.1, 0.15) is 5.78 Å². The van der Waals surface area contributed by atoms with Gasteiger partial charge in [0.15, 0.2) is 0 Å². The van der Waals surface area contributed by atoms with Gasteiger partial charge in [-0.3, -0.25) is 4.79 Å². The molecule has 0 aliphatic rings. The Morgan fingerprint density at radius 3 is 2.75 bits per heavy atom. The molecule has 12 heavy (non-hydrogen) atoms. The van der Waals surface area contributed by atoms with E-state index in [9.17, 15) is 4.79 Å². The topological polar surface area (TPSA) is 81.1 Å². The van der Waals surface area contributed by atoms with E-state index in [0.717, 1.165) is 19.4 Å². The molecule has 0 spiro atoms. The molecule has 4 heteroatoms. The smallest absolute Gasteiger partial charge is 0.149 e. The molecule has 72 valence electrons. The Hall–Kier alpha value is -0.450. The number of Topliss-reactive ketones (excluding diaryl/α,β-unsaturated/α-hetero) is 1. The SMILES string of the molecule is CCC(=O)C(N)CCCNCN. The molecule has 0 fully saturated rings. The van der Waals surface area contributed by atoms with E-state index in [-0.39, 0.29) is 11.8 Å². The van der Waals surface area contributed by atoms with Crippen molar-refractivity contribution in [2.75, 3.05) is 13.2 Å². The maximum absolute atomic E-state index is 11.0. The lowest BCUT2D eigenvalue weighted by Crippen LogP contribution is -2.31. The first kappa shape index (κ1) is 11.6. The van der Waals surface area contributed by atoms with Crippen LogP contribution in [-0.4, -0.2) is 25.0 Å². The molecular weight excluding hydrogens is 154 g/mol. The maximum Gasteiger partial charge on any atom is 0.149 e. The van der Waals surface area contributed by atoms with Gasteiger partial charge in [0.2, 0.25) is 0 Å². The third-order valence-electron chi connectivity index (χ3n) is 1.78. The van der Waals surface area contributed by atoms with Gasteiger partial charge in [-0.1, -0.05) is 6.92 Å². The highest BCUT2D eigenvalue weighted by molar-refractivity contribution is 5.83. The van der Waals surface area contributed by atoms with Crippen molar-refractivity contribution in [1.29, 1.82) is 0 Å². The zero-order valence-electron chi connectivity index (χ0n) is 7.68. The molecule has 0 bridgehead atoms. The Morgan fingerprint density at radius 2 is 2.25 bits per heavy atom. The van der Waals surface area contributed by atoms with Crippen LogP contribution < -0.4 is 16.8 Å². The average Bonchev–Trinajstić information content (AvgIpc) is 2.10. The molecule has 0 aliphatic carbocycles. The number of nitrogens with two attached hydrogens (primary N) is 2. The minimum absolute atomic E-state index is 0.141. The summed E-state index contributed by atoms with van der Waals surface area (Å²) < 4.78 is 0. The summed E-state index contributed by atoms with van der Waals surface area (Å²) in [5, 5.41) is 2.97. The van der Waals surface area contributed by atoms with Crippen LogP contribution in [0.2, 0.25) is 0 Å². The van der Waals surface area contributed by atoms with Gasteiger partial charge in [-0.2, -0.15) is 0 Å². The predicted molar refractivity (Wildman–Crippen MR) is 49.6 cm³/mol. The summed E-state index contributed by atoms with van der Waals surface area (Å²) in [6, 6.07) is -0.283. The monoisotopic (exact) mass is 173 g/mol. The maximum atomic E-state index is 11.0. The lowest BCUT2D eigenvalue weighted by molar-refractivity contribution is -0.120. The van der Waals surface area contributed by atoms with Crippen LogP contribution in [-0.2, 0) is 4.79 Å². The highest BCUT2D eigenvalue weighted by Crippen LogP contribution is 1.96. The van der Waals surface area contributed by atoms with Crippen LogP contribution in [0.3, 0.4) is 0 Å². The first-order chi connectivity index (χ1) is 5.72. The molecule has 4 nitrogen and oxygen atoms in total. The minimum atomic E-state index is -0.283. The highest BCUT2D eigenvalue weighted by atomic mass is 16.1. The van der Waals surface area contributed by atoms with Crippen molar-refractivity contribution >= 4 is 5.78 Å². The number of rotatable bonds is 7. The number of ketones is 1. The molecule has 5 N–H and O–H groups in total. The van der Waals surface area contributed by atoms with Crippen LogP contribution in [0.4, 0.5) is 0 Å². The molecule has 0 aliphatic heterocycles. The third-order valence-corrected chi connectivity index (χ3v) is 1.78. The normalized spacial score (nSPS) is 12.9. The molecule has 0 radical (unpaired) electrons. The number of nitrogens with one attached hydrogen (secondary N) is 1. The van der Waals surface area contributed by atoms with E-state index < -0.39 is 0 Å². The third kappa shape index (κ3) is 5.23. The molecule has 0 aromatic heterocycles. The number of hydrogen-bond acceptors (Lipinski definition) is 4. The van der Waals surface area contributed by atoms with Crippen molar-refractivity contribution in [3.63, 3.8) is 0 Å². The van der Waals surface area contributed by atoms with Gasteiger partial charge >= 0.3 is 0 Å². The van der Waals surface area contributed by atoms with Gasteiger partial charge in [-0.25, -0.2) is 0 Å². The van der Waals surface area contributed by atoms with Crippen LogP contribution in [0.25, 0.3) is 0 Å². The molecular formula is C8H19N3O. The predicted octanol–water partition coefficient (Wildman–Crippen LogP) is -0.421. The van der Waals surface area contributed by atoms with Crippen molar-refractivity contribution in [2.45, 2.75) is 32.2 Å². The van der Waals surface area contributed by atoms with Crippen LogP contribution in [0.5, 0.6) is 0 Å². The van der Waals surface area contributed by atoms with E-state index in [2.05, 4.69) is 5.32 Å². The molecule has 0 amide bonds. The summed E-state index contributed by atoms with van der Waals surface area (Å²) in [6.07, 6.45) is 2.19. The fourth-order valence-electron chi connectivity index (χ4n) is 0.972. The lowest BCUT2D eigenvalue weighted by Gasteiger charge is -2.08. The standard InChI is InChI=1S/C8H19N3O/c1-2-8(12)7(10)4-3-5-11-6-9/h7,11H,2-6,9-10H2,1H3. The summed E-state index contributed by atoms with van der Waals surface area (Å²) in [5.41, 5.74) is 10.8.